The van der Waals surface area contributed by atoms with Gasteiger partial charge in [-0.15, -0.1) is 16.9 Å². The van der Waals surface area contributed by atoms with Crippen molar-refractivity contribution in [1.29, 1.82) is 0 Å². The zero-order valence-corrected chi connectivity index (χ0v) is 20.2. The third-order valence-corrected chi connectivity index (χ3v) is 7.89. The molecule has 184 valence electrons. The first-order valence-corrected chi connectivity index (χ1v) is 12.5. The van der Waals surface area contributed by atoms with Gasteiger partial charge in [0.2, 0.25) is 11.1 Å². The summed E-state index contributed by atoms with van der Waals surface area (Å²) in [7, 11) is 0. The number of carbonyl (C=O) groups is 4. The number of fused-ring (bicyclic) bond motifs is 1. The molecule has 2 amide bonds. The quantitative estimate of drug-likeness (QED) is 0.222. The Morgan fingerprint density at radius 3 is 2.77 bits per heavy atom. The number of benzene rings is 1. The number of hydrogen-bond acceptors (Lipinski definition) is 9. The third-order valence-electron chi connectivity index (χ3n) is 5.28. The van der Waals surface area contributed by atoms with Gasteiger partial charge in [-0.1, -0.05) is 41.6 Å². The van der Waals surface area contributed by atoms with Crippen molar-refractivity contribution in [3.63, 3.8) is 0 Å². The minimum absolute atomic E-state index is 0.145. The van der Waals surface area contributed by atoms with Crippen molar-refractivity contribution in [2.24, 2.45) is 5.73 Å². The van der Waals surface area contributed by atoms with E-state index in [0.29, 0.717) is 21.9 Å². The average molecular weight is 539 g/mol. The highest BCUT2D eigenvalue weighted by atomic mass is 35.5. The molecule has 2 aliphatic heterocycles. The van der Waals surface area contributed by atoms with Crippen LogP contribution < -0.4 is 11.1 Å². The van der Waals surface area contributed by atoms with Crippen LogP contribution in [-0.4, -0.2) is 77.0 Å². The topological polar surface area (TPSA) is 192 Å². The Hall–Kier alpha value is -3.07. The molecule has 3 heterocycles. The van der Waals surface area contributed by atoms with E-state index < -0.39 is 41.2 Å². The van der Waals surface area contributed by atoms with Crippen LogP contribution in [0.2, 0.25) is 5.02 Å². The number of hydrogen-bond donors (Lipinski definition) is 5. The summed E-state index contributed by atoms with van der Waals surface area (Å²) in [6.07, 6.45) is -0.316. The lowest BCUT2D eigenvalue weighted by atomic mass is 10.0. The summed E-state index contributed by atoms with van der Waals surface area (Å²) in [5, 5.41) is 27.7. The fourth-order valence-electron chi connectivity index (χ4n) is 3.62. The normalized spacial score (nSPS) is 20.2. The molecule has 12 nitrogen and oxygen atoms in total. The van der Waals surface area contributed by atoms with Gasteiger partial charge >= 0.3 is 11.9 Å². The highest BCUT2D eigenvalue weighted by Gasteiger charge is 2.54. The smallest absolute Gasteiger partial charge is 0.352 e. The number of carboxylic acids is 2. The molecule has 2 aromatic rings. The van der Waals surface area contributed by atoms with Crippen LogP contribution >= 0.6 is 35.1 Å². The maximum atomic E-state index is 12.8. The molecule has 0 saturated carbocycles. The number of aromatic nitrogens is 3. The lowest BCUT2D eigenvalue weighted by molar-refractivity contribution is -0.150. The van der Waals surface area contributed by atoms with E-state index in [1.54, 1.807) is 24.3 Å². The Labute approximate surface area is 211 Å². The summed E-state index contributed by atoms with van der Waals surface area (Å²) in [6.45, 7) is 0. The lowest BCUT2D eigenvalue weighted by Crippen LogP contribution is -2.71. The average Bonchev–Trinajstić information content (AvgIpc) is 3.26. The van der Waals surface area contributed by atoms with Gasteiger partial charge in [-0.25, -0.2) is 9.78 Å². The molecular formula is C20H19ClN6O6S2. The van der Waals surface area contributed by atoms with Crippen LogP contribution in [0.3, 0.4) is 0 Å². The van der Waals surface area contributed by atoms with E-state index in [2.05, 4.69) is 20.5 Å². The summed E-state index contributed by atoms with van der Waals surface area (Å²) in [5.74, 6) is -2.81. The second-order valence-electron chi connectivity index (χ2n) is 7.58. The molecule has 2 unspecified atom stereocenters. The maximum Gasteiger partial charge on any atom is 0.352 e. The van der Waals surface area contributed by atoms with E-state index in [0.717, 1.165) is 16.7 Å². The summed E-state index contributed by atoms with van der Waals surface area (Å²) in [4.78, 5) is 53.5. The van der Waals surface area contributed by atoms with Crippen molar-refractivity contribution in [2.45, 2.75) is 29.0 Å². The molecule has 35 heavy (non-hydrogen) atoms. The SMILES string of the molecule is NC(C(=O)NC1C(=O)N2C(C(=O)O)=C(CSc3n[nH]c(CC(=O)O)n3)CS[C@H]12)c1ccccc1Cl. The zero-order chi connectivity index (χ0) is 25.3. The largest absolute Gasteiger partial charge is 0.481 e. The van der Waals surface area contributed by atoms with Crippen molar-refractivity contribution in [1.82, 2.24) is 25.4 Å². The van der Waals surface area contributed by atoms with Crippen LogP contribution in [0, 0.1) is 0 Å². The highest BCUT2D eigenvalue weighted by Crippen LogP contribution is 2.41. The van der Waals surface area contributed by atoms with Gasteiger partial charge < -0.3 is 21.3 Å². The van der Waals surface area contributed by atoms with Crippen LogP contribution in [0.25, 0.3) is 0 Å². The summed E-state index contributed by atoms with van der Waals surface area (Å²) in [6, 6.07) is 4.60. The van der Waals surface area contributed by atoms with E-state index in [-0.39, 0.29) is 28.9 Å². The number of thioether (sulfide) groups is 2. The second kappa shape index (κ2) is 10.3. The maximum absolute atomic E-state index is 12.8. The monoisotopic (exact) mass is 538 g/mol. The number of nitrogens with zero attached hydrogens (tertiary/aromatic N) is 3. The van der Waals surface area contributed by atoms with Gasteiger partial charge in [0.1, 0.15) is 35.4 Å². The number of amides is 2. The van der Waals surface area contributed by atoms with Gasteiger partial charge in [0.05, 0.1) is 0 Å². The van der Waals surface area contributed by atoms with Crippen LogP contribution in [0.1, 0.15) is 17.4 Å². The molecule has 1 aromatic carbocycles. The van der Waals surface area contributed by atoms with Crippen molar-refractivity contribution in [2.75, 3.05) is 11.5 Å². The number of carbonyl (C=O) groups excluding carboxylic acids is 2. The Morgan fingerprint density at radius 2 is 2.09 bits per heavy atom. The van der Waals surface area contributed by atoms with E-state index in [9.17, 15) is 24.3 Å². The number of β-lactam (4-membered cyclic amide) rings is 1. The zero-order valence-electron chi connectivity index (χ0n) is 17.8. The fourth-order valence-corrected chi connectivity index (χ4v) is 6.18. The van der Waals surface area contributed by atoms with Gasteiger partial charge in [-0.2, -0.15) is 0 Å². The summed E-state index contributed by atoms with van der Waals surface area (Å²) in [5.41, 5.74) is 6.77. The number of rotatable bonds is 9. The molecule has 1 saturated heterocycles. The number of halogens is 1. The lowest BCUT2D eigenvalue weighted by Gasteiger charge is -2.49. The van der Waals surface area contributed by atoms with Crippen molar-refractivity contribution in [3.8, 4) is 0 Å². The van der Waals surface area contributed by atoms with Crippen molar-refractivity contribution >= 4 is 58.9 Å². The summed E-state index contributed by atoms with van der Waals surface area (Å²) < 4.78 is 0. The van der Waals surface area contributed by atoms with Gasteiger partial charge in [0.25, 0.3) is 5.91 Å². The van der Waals surface area contributed by atoms with E-state index in [4.69, 9.17) is 22.4 Å². The minimum Gasteiger partial charge on any atom is -0.481 e. The van der Waals surface area contributed by atoms with E-state index in [1.807, 2.05) is 0 Å². The number of aromatic amines is 1. The van der Waals surface area contributed by atoms with E-state index in [1.165, 1.54) is 11.8 Å². The van der Waals surface area contributed by atoms with Gasteiger partial charge in [0, 0.05) is 16.5 Å². The Morgan fingerprint density at radius 1 is 1.34 bits per heavy atom. The van der Waals surface area contributed by atoms with Crippen molar-refractivity contribution < 1.29 is 29.4 Å². The standard InChI is InChI=1S/C20H19ClN6O6S2/c21-10-4-2-1-3-9(10)13(22)16(30)24-14-17(31)27-15(19(32)33)8(6-34-18(14)27)7-35-20-23-11(25-26-20)5-12(28)29/h1-4,13-14,18H,5-7,22H2,(H,24,30)(H,28,29)(H,32,33)(H,23,25,26)/t13?,14?,18-/m1/s1. The number of H-pyrrole nitrogens is 1. The Balaban J connectivity index is 1.43. The molecule has 0 radical (unpaired) electrons. The predicted molar refractivity (Wildman–Crippen MR) is 127 cm³/mol. The molecule has 6 N–H and O–H groups in total. The fraction of sp³-hybridized carbons (Fsp3) is 0.300. The molecule has 0 aliphatic carbocycles. The molecular weight excluding hydrogens is 520 g/mol. The van der Waals surface area contributed by atoms with Gasteiger partial charge in [-0.3, -0.25) is 24.4 Å². The molecule has 3 atom stereocenters. The molecule has 2 aliphatic rings. The Bertz CT molecular complexity index is 1240. The molecule has 4 rings (SSSR count). The molecule has 15 heteroatoms. The van der Waals surface area contributed by atoms with Crippen LogP contribution in [0.15, 0.2) is 40.7 Å². The number of nitrogens with two attached hydrogens (primary N) is 1. The first-order valence-electron chi connectivity index (χ1n) is 10.1. The highest BCUT2D eigenvalue weighted by molar-refractivity contribution is 8.01. The van der Waals surface area contributed by atoms with Crippen LogP contribution in [0.5, 0.6) is 0 Å². The van der Waals surface area contributed by atoms with Gasteiger partial charge in [0.15, 0.2) is 0 Å². The first-order chi connectivity index (χ1) is 16.7. The number of carboxylic acid groups (broad SMARTS) is 2. The minimum atomic E-state index is -1.27. The van der Waals surface area contributed by atoms with Crippen LogP contribution in [0.4, 0.5) is 0 Å². The summed E-state index contributed by atoms with van der Waals surface area (Å²) >= 11 is 8.54. The number of aliphatic carboxylic acids is 2. The van der Waals surface area contributed by atoms with E-state index >= 15 is 0 Å². The third kappa shape index (κ3) is 5.15. The van der Waals surface area contributed by atoms with Crippen LogP contribution in [-0.2, 0) is 25.6 Å². The van der Waals surface area contributed by atoms with Gasteiger partial charge in [-0.05, 0) is 17.2 Å². The molecule has 0 bridgehead atoms. The predicted octanol–water partition coefficient (Wildman–Crippen LogP) is 0.616. The first kappa shape index (κ1) is 25.0. The molecule has 1 fully saturated rings. The second-order valence-corrected chi connectivity index (χ2v) is 10.0. The Kier molecular flexibility index (Phi) is 7.35. The number of nitrogens with one attached hydrogen (secondary N) is 2. The molecule has 0 spiro atoms. The molecule has 1 aromatic heterocycles. The van der Waals surface area contributed by atoms with Crippen molar-refractivity contribution in [3.05, 3.63) is 51.9 Å².